The van der Waals surface area contributed by atoms with Crippen LogP contribution in [0.25, 0.3) is 0 Å². The lowest BCUT2D eigenvalue weighted by atomic mass is 9.73. The average molecular weight is 293 g/mol. The second-order valence-corrected chi connectivity index (χ2v) is 6.41. The molecular weight excluding hydrogens is 262 g/mol. The molecule has 0 aromatic carbocycles. The Hall–Kier alpha value is -1.03. The molecule has 4 nitrogen and oxygen atoms in total. The fourth-order valence-electron chi connectivity index (χ4n) is 3.65. The molecule has 1 saturated carbocycles. The van der Waals surface area contributed by atoms with Crippen LogP contribution in [0.5, 0.6) is 5.75 Å². The van der Waals surface area contributed by atoms with Crippen LogP contribution in [0, 0.1) is 11.8 Å². The summed E-state index contributed by atoms with van der Waals surface area (Å²) in [6, 6.07) is 0. The molecule has 0 saturated heterocycles. The summed E-state index contributed by atoms with van der Waals surface area (Å²) in [4.78, 5) is 0. The second-order valence-electron chi connectivity index (χ2n) is 6.41. The van der Waals surface area contributed by atoms with Crippen LogP contribution in [0.3, 0.4) is 0 Å². The van der Waals surface area contributed by atoms with E-state index >= 15 is 0 Å². The third-order valence-electron chi connectivity index (χ3n) is 4.76. The number of hydrogen-bond acceptors (Lipinski definition) is 3. The summed E-state index contributed by atoms with van der Waals surface area (Å²) < 4.78 is 7.79. The van der Waals surface area contributed by atoms with Crippen molar-refractivity contribution in [1.82, 2.24) is 15.1 Å². The van der Waals surface area contributed by atoms with Crippen molar-refractivity contribution in [3.05, 3.63) is 11.9 Å². The molecule has 1 aromatic rings. The normalized spacial score (nSPS) is 26.0. The van der Waals surface area contributed by atoms with Gasteiger partial charge in [-0.25, -0.2) is 0 Å². The van der Waals surface area contributed by atoms with Gasteiger partial charge in [0.2, 0.25) is 0 Å². The van der Waals surface area contributed by atoms with E-state index < -0.39 is 0 Å². The molecule has 2 rings (SSSR count). The number of nitrogens with zero attached hydrogens (tertiary/aromatic N) is 2. The van der Waals surface area contributed by atoms with E-state index in [9.17, 15) is 0 Å². The minimum atomic E-state index is 0.566. The van der Waals surface area contributed by atoms with Crippen molar-refractivity contribution in [3.8, 4) is 5.75 Å². The van der Waals surface area contributed by atoms with Gasteiger partial charge in [0.05, 0.1) is 19.0 Å². The molecule has 1 aromatic heterocycles. The number of aryl methyl sites for hydroxylation is 1. The highest BCUT2D eigenvalue weighted by Gasteiger charge is 2.33. The zero-order valence-electron chi connectivity index (χ0n) is 14.1. The molecule has 0 bridgehead atoms. The van der Waals surface area contributed by atoms with Crippen LogP contribution < -0.4 is 10.1 Å². The lowest BCUT2D eigenvalue weighted by molar-refractivity contribution is 0.229. The number of hydrogen-bond donors (Lipinski definition) is 1. The van der Waals surface area contributed by atoms with Crippen LogP contribution in [0.4, 0.5) is 0 Å². The monoisotopic (exact) mass is 293 g/mol. The van der Waals surface area contributed by atoms with Crippen molar-refractivity contribution in [2.45, 2.75) is 58.9 Å². The van der Waals surface area contributed by atoms with Crippen LogP contribution in [0.2, 0.25) is 0 Å². The highest BCUT2D eigenvalue weighted by atomic mass is 16.5. The minimum Gasteiger partial charge on any atom is -0.493 e. The molecule has 1 N–H and O–H groups in total. The zero-order valence-corrected chi connectivity index (χ0v) is 14.1. The van der Waals surface area contributed by atoms with E-state index in [0.29, 0.717) is 11.8 Å². The van der Waals surface area contributed by atoms with E-state index in [4.69, 9.17) is 4.74 Å². The van der Waals surface area contributed by atoms with Crippen molar-refractivity contribution in [1.29, 1.82) is 0 Å². The van der Waals surface area contributed by atoms with Gasteiger partial charge >= 0.3 is 0 Å². The van der Waals surface area contributed by atoms with Gasteiger partial charge in [-0.15, -0.1) is 0 Å². The first-order valence-corrected chi connectivity index (χ1v) is 8.51. The first-order valence-electron chi connectivity index (χ1n) is 8.51. The number of nitrogens with one attached hydrogen (secondary N) is 1. The van der Waals surface area contributed by atoms with Gasteiger partial charge in [0.25, 0.3) is 0 Å². The number of ether oxygens (including phenoxy) is 1. The van der Waals surface area contributed by atoms with Gasteiger partial charge in [-0.1, -0.05) is 27.2 Å². The Morgan fingerprint density at radius 2 is 2.19 bits per heavy atom. The van der Waals surface area contributed by atoms with Crippen LogP contribution in [-0.2, 0) is 6.54 Å². The van der Waals surface area contributed by atoms with Gasteiger partial charge in [-0.3, -0.25) is 4.68 Å². The van der Waals surface area contributed by atoms with Crippen molar-refractivity contribution >= 4 is 0 Å². The summed E-state index contributed by atoms with van der Waals surface area (Å²) in [6.07, 6.45) is 6.91. The first-order chi connectivity index (χ1) is 10.2. The van der Waals surface area contributed by atoms with E-state index in [1.54, 1.807) is 7.11 Å². The second kappa shape index (κ2) is 7.83. The van der Waals surface area contributed by atoms with Crippen LogP contribution in [0.1, 0.15) is 58.1 Å². The van der Waals surface area contributed by atoms with E-state index in [1.807, 2.05) is 6.20 Å². The molecule has 1 aliphatic carbocycles. The minimum absolute atomic E-state index is 0.566. The van der Waals surface area contributed by atoms with E-state index in [-0.39, 0.29) is 0 Å². The molecule has 21 heavy (non-hydrogen) atoms. The van der Waals surface area contributed by atoms with Gasteiger partial charge in [0.15, 0.2) is 5.75 Å². The molecule has 3 atom stereocenters. The Morgan fingerprint density at radius 3 is 2.86 bits per heavy atom. The SMILES string of the molecule is CCCn1ncc(OC)c1C1CC(C)CCC1CNCC. The lowest BCUT2D eigenvalue weighted by Crippen LogP contribution is -2.32. The van der Waals surface area contributed by atoms with Crippen molar-refractivity contribution < 1.29 is 4.74 Å². The maximum Gasteiger partial charge on any atom is 0.160 e. The molecule has 1 aliphatic rings. The summed E-state index contributed by atoms with van der Waals surface area (Å²) >= 11 is 0. The van der Waals surface area contributed by atoms with Crippen molar-refractivity contribution in [2.75, 3.05) is 20.2 Å². The first kappa shape index (κ1) is 16.3. The summed E-state index contributed by atoms with van der Waals surface area (Å²) in [5.74, 6) is 3.03. The molecule has 4 heteroatoms. The summed E-state index contributed by atoms with van der Waals surface area (Å²) in [6.45, 7) is 9.90. The molecule has 120 valence electrons. The Kier molecular flexibility index (Phi) is 6.09. The van der Waals surface area contributed by atoms with Gasteiger partial charge < -0.3 is 10.1 Å². The van der Waals surface area contributed by atoms with Crippen molar-refractivity contribution in [2.24, 2.45) is 11.8 Å². The quantitative estimate of drug-likeness (QED) is 0.837. The molecule has 0 radical (unpaired) electrons. The third kappa shape index (κ3) is 3.79. The maximum atomic E-state index is 5.61. The molecule has 0 spiro atoms. The maximum absolute atomic E-state index is 5.61. The van der Waals surface area contributed by atoms with E-state index in [1.165, 1.54) is 25.0 Å². The van der Waals surface area contributed by atoms with E-state index in [0.717, 1.165) is 37.7 Å². The van der Waals surface area contributed by atoms with Crippen molar-refractivity contribution in [3.63, 3.8) is 0 Å². The molecule has 3 unspecified atom stereocenters. The topological polar surface area (TPSA) is 39.1 Å². The van der Waals surface area contributed by atoms with Crippen LogP contribution in [0.15, 0.2) is 6.20 Å². The van der Waals surface area contributed by atoms with Crippen LogP contribution in [-0.4, -0.2) is 30.0 Å². The summed E-state index contributed by atoms with van der Waals surface area (Å²) in [5.41, 5.74) is 1.33. The van der Waals surface area contributed by atoms with Gasteiger partial charge in [-0.05, 0) is 44.2 Å². The summed E-state index contributed by atoms with van der Waals surface area (Å²) in [5, 5.41) is 8.11. The predicted octanol–water partition coefficient (Wildman–Crippen LogP) is 3.43. The average Bonchev–Trinajstić information content (AvgIpc) is 2.89. The number of rotatable bonds is 7. The van der Waals surface area contributed by atoms with Gasteiger partial charge in [0.1, 0.15) is 0 Å². The standard InChI is InChI=1S/C17H31N3O/c1-5-9-20-17(16(21-4)12-19-20)15-10-13(3)7-8-14(15)11-18-6-2/h12-15,18H,5-11H2,1-4H3. The molecule has 0 aliphatic heterocycles. The highest BCUT2D eigenvalue weighted by molar-refractivity contribution is 5.30. The third-order valence-corrected chi connectivity index (χ3v) is 4.76. The van der Waals surface area contributed by atoms with Gasteiger partial charge in [0, 0.05) is 12.5 Å². The summed E-state index contributed by atoms with van der Waals surface area (Å²) in [7, 11) is 1.77. The highest BCUT2D eigenvalue weighted by Crippen LogP contribution is 2.43. The Labute approximate surface area is 129 Å². The Bertz CT molecular complexity index is 428. The number of methoxy groups -OCH3 is 1. The smallest absolute Gasteiger partial charge is 0.160 e. The molecular formula is C17H31N3O. The molecule has 1 fully saturated rings. The Morgan fingerprint density at radius 1 is 1.38 bits per heavy atom. The predicted molar refractivity (Wildman–Crippen MR) is 86.9 cm³/mol. The fourth-order valence-corrected chi connectivity index (χ4v) is 3.65. The molecule has 1 heterocycles. The zero-order chi connectivity index (χ0) is 15.2. The number of aromatic nitrogens is 2. The fraction of sp³-hybridized carbons (Fsp3) is 0.824. The Balaban J connectivity index is 2.27. The van der Waals surface area contributed by atoms with Gasteiger partial charge in [-0.2, -0.15) is 5.10 Å². The van der Waals surface area contributed by atoms with Crippen LogP contribution >= 0.6 is 0 Å². The largest absolute Gasteiger partial charge is 0.493 e. The lowest BCUT2D eigenvalue weighted by Gasteiger charge is -2.35. The molecule has 0 amide bonds. The van der Waals surface area contributed by atoms with E-state index in [2.05, 4.69) is 35.9 Å².